The van der Waals surface area contributed by atoms with Gasteiger partial charge in [0.05, 0.1) is 13.2 Å². The standard InChI is InChI=1S/2C16H14BrN3O2/c2*1-2-22-14(21)10-20-15(11-6-4-3-5-7-11)19-13-8-12(17)9-18-16(13)20/h2*3-9H,2,10H2,1H3. The molecule has 4 aromatic heterocycles. The molecule has 0 saturated carbocycles. The number of halogens is 2. The quantitative estimate of drug-likeness (QED) is 0.157. The average Bonchev–Trinajstić information content (AvgIpc) is 3.55. The average molecular weight is 720 g/mol. The van der Waals surface area contributed by atoms with Crippen molar-refractivity contribution in [3.8, 4) is 22.8 Å². The van der Waals surface area contributed by atoms with Crippen molar-refractivity contribution in [2.45, 2.75) is 26.9 Å². The van der Waals surface area contributed by atoms with Gasteiger partial charge in [-0.25, -0.2) is 19.9 Å². The van der Waals surface area contributed by atoms with E-state index in [0.717, 1.165) is 31.1 Å². The van der Waals surface area contributed by atoms with Gasteiger partial charge in [-0.05, 0) is 57.8 Å². The molecule has 0 fully saturated rings. The topological polar surface area (TPSA) is 114 Å². The summed E-state index contributed by atoms with van der Waals surface area (Å²) in [5, 5.41) is 0. The number of hydrogen-bond donors (Lipinski definition) is 0. The summed E-state index contributed by atoms with van der Waals surface area (Å²) >= 11 is 6.79. The second-order valence-corrected chi connectivity index (χ2v) is 11.2. The molecule has 0 N–H and O–H groups in total. The fourth-order valence-corrected chi connectivity index (χ4v) is 5.20. The zero-order valence-electron chi connectivity index (χ0n) is 24.0. The van der Waals surface area contributed by atoms with Crippen LogP contribution in [0.1, 0.15) is 13.8 Å². The molecule has 0 aliphatic rings. The molecule has 0 spiro atoms. The third-order valence-corrected chi connectivity index (χ3v) is 7.22. The second-order valence-electron chi connectivity index (χ2n) is 9.38. The summed E-state index contributed by atoms with van der Waals surface area (Å²) in [6.45, 7) is 4.46. The van der Waals surface area contributed by atoms with Crippen molar-refractivity contribution in [1.29, 1.82) is 0 Å². The lowest BCUT2D eigenvalue weighted by atomic mass is 10.2. The molecule has 0 saturated heterocycles. The fourth-order valence-electron chi connectivity index (χ4n) is 4.56. The highest BCUT2D eigenvalue weighted by molar-refractivity contribution is 9.10. The van der Waals surface area contributed by atoms with Crippen LogP contribution in [0.15, 0.2) is 94.1 Å². The van der Waals surface area contributed by atoms with Crippen molar-refractivity contribution in [3.05, 3.63) is 94.1 Å². The second kappa shape index (κ2) is 14.4. The third-order valence-electron chi connectivity index (χ3n) is 6.35. The number of nitrogens with zero attached hydrogens (tertiary/aromatic N) is 6. The van der Waals surface area contributed by atoms with E-state index in [2.05, 4.69) is 51.8 Å². The summed E-state index contributed by atoms with van der Waals surface area (Å²) < 4.78 is 15.4. The first-order chi connectivity index (χ1) is 21.4. The molecule has 0 amide bonds. The Morgan fingerprint density at radius 3 is 1.41 bits per heavy atom. The lowest BCUT2D eigenvalue weighted by molar-refractivity contribution is -0.144. The molecule has 2 aromatic carbocycles. The number of benzene rings is 2. The van der Waals surface area contributed by atoms with E-state index in [-0.39, 0.29) is 25.0 Å². The third kappa shape index (κ3) is 7.20. The van der Waals surface area contributed by atoms with E-state index in [1.807, 2.05) is 72.8 Å². The number of rotatable bonds is 8. The van der Waals surface area contributed by atoms with Crippen LogP contribution in [0.5, 0.6) is 0 Å². The molecular formula is C32H28Br2N6O4. The minimum atomic E-state index is -0.302. The minimum Gasteiger partial charge on any atom is -0.465 e. The van der Waals surface area contributed by atoms with Gasteiger partial charge in [0.15, 0.2) is 11.3 Å². The number of carbonyl (C=O) groups is 2. The molecule has 0 aliphatic heterocycles. The number of hydrogen-bond acceptors (Lipinski definition) is 8. The van der Waals surface area contributed by atoms with E-state index in [4.69, 9.17) is 9.47 Å². The zero-order valence-corrected chi connectivity index (χ0v) is 27.2. The number of esters is 2. The maximum atomic E-state index is 11.9. The van der Waals surface area contributed by atoms with Crippen LogP contribution in [0.2, 0.25) is 0 Å². The van der Waals surface area contributed by atoms with Gasteiger partial charge >= 0.3 is 11.9 Å². The van der Waals surface area contributed by atoms with E-state index in [0.29, 0.717) is 36.2 Å². The fraction of sp³-hybridized carbons (Fsp3) is 0.188. The van der Waals surface area contributed by atoms with Gasteiger partial charge < -0.3 is 9.47 Å². The first-order valence-corrected chi connectivity index (χ1v) is 15.4. The smallest absolute Gasteiger partial charge is 0.326 e. The van der Waals surface area contributed by atoms with E-state index >= 15 is 0 Å². The van der Waals surface area contributed by atoms with Gasteiger partial charge in [-0.2, -0.15) is 0 Å². The van der Waals surface area contributed by atoms with Gasteiger partial charge in [-0.15, -0.1) is 0 Å². The molecule has 0 unspecified atom stereocenters. The van der Waals surface area contributed by atoms with Crippen LogP contribution in [0.4, 0.5) is 0 Å². The highest BCUT2D eigenvalue weighted by Gasteiger charge is 2.18. The molecule has 0 radical (unpaired) electrons. The number of fused-ring (bicyclic) bond motifs is 2. The molecule has 10 nitrogen and oxygen atoms in total. The van der Waals surface area contributed by atoms with Crippen molar-refractivity contribution in [3.63, 3.8) is 0 Å². The molecule has 4 heterocycles. The zero-order chi connectivity index (χ0) is 31.1. The van der Waals surface area contributed by atoms with Crippen molar-refractivity contribution in [1.82, 2.24) is 29.1 Å². The van der Waals surface area contributed by atoms with Gasteiger partial charge in [0, 0.05) is 32.5 Å². The van der Waals surface area contributed by atoms with Crippen LogP contribution in [0.3, 0.4) is 0 Å². The molecule has 6 aromatic rings. The van der Waals surface area contributed by atoms with Crippen molar-refractivity contribution < 1.29 is 19.1 Å². The minimum absolute atomic E-state index is 0.0865. The Bertz CT molecular complexity index is 1770. The molecule has 44 heavy (non-hydrogen) atoms. The van der Waals surface area contributed by atoms with E-state index in [1.54, 1.807) is 35.4 Å². The maximum Gasteiger partial charge on any atom is 0.326 e. The Hall–Kier alpha value is -4.42. The van der Waals surface area contributed by atoms with Gasteiger partial charge in [-0.3, -0.25) is 18.7 Å². The van der Waals surface area contributed by atoms with Crippen molar-refractivity contribution in [2.75, 3.05) is 13.2 Å². The number of carbonyl (C=O) groups excluding carboxylic acids is 2. The summed E-state index contributed by atoms with van der Waals surface area (Å²) in [6, 6.07) is 23.2. The summed E-state index contributed by atoms with van der Waals surface area (Å²) in [5.74, 6) is 0.802. The predicted octanol–water partition coefficient (Wildman–Crippen LogP) is 6.85. The molecule has 224 valence electrons. The molecule has 0 atom stereocenters. The first kappa shape index (κ1) is 31.0. The monoisotopic (exact) mass is 718 g/mol. The summed E-state index contributed by atoms with van der Waals surface area (Å²) in [6.07, 6.45) is 3.39. The largest absolute Gasteiger partial charge is 0.465 e. The number of imidazole rings is 2. The predicted molar refractivity (Wildman–Crippen MR) is 175 cm³/mol. The Morgan fingerprint density at radius 1 is 0.659 bits per heavy atom. The van der Waals surface area contributed by atoms with E-state index in [9.17, 15) is 9.59 Å². The van der Waals surface area contributed by atoms with Crippen LogP contribution in [-0.2, 0) is 32.2 Å². The van der Waals surface area contributed by atoms with Gasteiger partial charge in [0.25, 0.3) is 0 Å². The maximum absolute atomic E-state index is 11.9. The van der Waals surface area contributed by atoms with Gasteiger partial charge in [0.2, 0.25) is 0 Å². The summed E-state index contributed by atoms with van der Waals surface area (Å²) in [5.41, 5.74) is 4.65. The molecule has 0 bridgehead atoms. The lowest BCUT2D eigenvalue weighted by Gasteiger charge is -2.08. The van der Waals surface area contributed by atoms with E-state index in [1.165, 1.54) is 0 Å². The number of ether oxygens (including phenoxy) is 2. The van der Waals surface area contributed by atoms with Crippen LogP contribution < -0.4 is 0 Å². The normalized spacial score (nSPS) is 10.8. The Labute approximate surface area is 270 Å². The number of aromatic nitrogens is 6. The van der Waals surface area contributed by atoms with Crippen LogP contribution >= 0.6 is 31.9 Å². The van der Waals surface area contributed by atoms with Crippen LogP contribution in [0, 0.1) is 0 Å². The van der Waals surface area contributed by atoms with Crippen LogP contribution in [-0.4, -0.2) is 54.2 Å². The molecule has 6 rings (SSSR count). The van der Waals surface area contributed by atoms with Crippen molar-refractivity contribution >= 4 is 66.1 Å². The molecular weight excluding hydrogens is 692 g/mol. The van der Waals surface area contributed by atoms with Gasteiger partial charge in [-0.1, -0.05) is 60.7 Å². The Kier molecular flexibility index (Phi) is 10.1. The summed E-state index contributed by atoms with van der Waals surface area (Å²) in [4.78, 5) is 41.8. The van der Waals surface area contributed by atoms with Crippen LogP contribution in [0.25, 0.3) is 45.1 Å². The molecule has 0 aliphatic carbocycles. The number of pyridine rings is 2. The first-order valence-electron chi connectivity index (χ1n) is 13.8. The Balaban J connectivity index is 0.000000175. The lowest BCUT2D eigenvalue weighted by Crippen LogP contribution is -2.14. The SMILES string of the molecule is CCOC(=O)Cn1c(-c2ccccc2)nc2cc(Br)cnc21.CCOC(=O)Cn1c(-c2ccccc2)nc2cc(Br)cnc21. The highest BCUT2D eigenvalue weighted by atomic mass is 79.9. The summed E-state index contributed by atoms with van der Waals surface area (Å²) in [7, 11) is 0. The Morgan fingerprint density at radius 2 is 1.05 bits per heavy atom. The van der Waals surface area contributed by atoms with Crippen molar-refractivity contribution in [2.24, 2.45) is 0 Å². The molecule has 12 heteroatoms. The van der Waals surface area contributed by atoms with E-state index < -0.39 is 0 Å². The van der Waals surface area contributed by atoms with Gasteiger partial charge in [0.1, 0.15) is 35.8 Å². The highest BCUT2D eigenvalue weighted by Crippen LogP contribution is 2.27.